The van der Waals surface area contributed by atoms with Crippen molar-refractivity contribution < 1.29 is 4.79 Å². The summed E-state index contributed by atoms with van der Waals surface area (Å²) < 4.78 is 0. The second-order valence-corrected chi connectivity index (χ2v) is 7.39. The molecule has 0 radical (unpaired) electrons. The molecule has 6 nitrogen and oxygen atoms in total. The van der Waals surface area contributed by atoms with Gasteiger partial charge in [0.2, 0.25) is 5.91 Å². The fourth-order valence-electron chi connectivity index (χ4n) is 4.51. The van der Waals surface area contributed by atoms with Crippen molar-refractivity contribution in [3.8, 4) is 0 Å². The Morgan fingerprint density at radius 1 is 1.08 bits per heavy atom. The summed E-state index contributed by atoms with van der Waals surface area (Å²) in [5.41, 5.74) is 0.762. The van der Waals surface area contributed by atoms with Crippen LogP contribution in [-0.2, 0) is 4.79 Å². The summed E-state index contributed by atoms with van der Waals surface area (Å²) >= 11 is 0. The van der Waals surface area contributed by atoms with Crippen molar-refractivity contribution in [2.24, 2.45) is 5.92 Å². The molecule has 1 saturated carbocycles. The Hall–Kier alpha value is -1.85. The molecule has 130 valence electrons. The van der Waals surface area contributed by atoms with Gasteiger partial charge in [0.25, 0.3) is 0 Å². The van der Waals surface area contributed by atoms with E-state index in [2.05, 4.69) is 25.5 Å². The number of anilines is 3. The Morgan fingerprint density at radius 3 is 2.83 bits per heavy atom. The number of amides is 1. The minimum Gasteiger partial charge on any atom is -0.359 e. The summed E-state index contributed by atoms with van der Waals surface area (Å²) in [4.78, 5) is 22.9. The van der Waals surface area contributed by atoms with Gasteiger partial charge in [0.05, 0.1) is 6.54 Å². The molecule has 3 aliphatic rings. The van der Waals surface area contributed by atoms with Crippen LogP contribution in [0.2, 0.25) is 0 Å². The molecule has 3 heterocycles. The molecule has 24 heavy (non-hydrogen) atoms. The van der Waals surface area contributed by atoms with Crippen LogP contribution in [-0.4, -0.2) is 35.0 Å². The lowest BCUT2D eigenvalue weighted by Crippen LogP contribution is -2.34. The molecular formula is C18H27N5O. The van der Waals surface area contributed by atoms with Crippen LogP contribution in [0.25, 0.3) is 0 Å². The first-order chi connectivity index (χ1) is 11.8. The fourth-order valence-corrected chi connectivity index (χ4v) is 4.51. The van der Waals surface area contributed by atoms with E-state index in [0.717, 1.165) is 29.8 Å². The maximum absolute atomic E-state index is 11.8. The molecule has 1 aliphatic carbocycles. The Bertz CT molecular complexity index is 599. The number of hydrogen-bond acceptors (Lipinski definition) is 5. The number of carbonyl (C=O) groups excluding carboxylic acids is 1. The number of aromatic nitrogens is 2. The number of fused-ring (bicyclic) bond motifs is 1. The molecule has 1 aromatic heterocycles. The normalized spacial score (nSPS) is 24.4. The molecule has 1 amide bonds. The number of rotatable bonds is 4. The van der Waals surface area contributed by atoms with Crippen LogP contribution in [0.3, 0.4) is 0 Å². The molecule has 2 aliphatic heterocycles. The highest BCUT2D eigenvalue weighted by Gasteiger charge is 2.31. The van der Waals surface area contributed by atoms with Gasteiger partial charge in [-0.1, -0.05) is 32.1 Å². The maximum Gasteiger partial charge on any atom is 0.243 e. The predicted octanol–water partition coefficient (Wildman–Crippen LogP) is 3.17. The topological polar surface area (TPSA) is 70.2 Å². The Balaban J connectivity index is 1.47. The highest BCUT2D eigenvalue weighted by Crippen LogP contribution is 2.37. The van der Waals surface area contributed by atoms with E-state index in [4.69, 9.17) is 0 Å². The largest absolute Gasteiger partial charge is 0.359 e. The van der Waals surface area contributed by atoms with E-state index in [0.29, 0.717) is 6.04 Å². The first-order valence-electron chi connectivity index (χ1n) is 9.46. The minimum absolute atomic E-state index is 0.0171. The number of carbonyl (C=O) groups is 1. The van der Waals surface area contributed by atoms with Crippen molar-refractivity contribution in [3.63, 3.8) is 0 Å². The zero-order valence-corrected chi connectivity index (χ0v) is 14.3. The van der Waals surface area contributed by atoms with Crippen LogP contribution in [0, 0.1) is 5.92 Å². The second kappa shape index (κ2) is 6.95. The van der Waals surface area contributed by atoms with Crippen molar-refractivity contribution in [2.45, 2.75) is 63.8 Å². The minimum atomic E-state index is -0.0171. The molecule has 2 N–H and O–H groups in total. The Morgan fingerprint density at radius 2 is 1.96 bits per heavy atom. The van der Waals surface area contributed by atoms with Crippen molar-refractivity contribution in [2.75, 3.05) is 28.6 Å². The average Bonchev–Trinajstić information content (AvgIpc) is 3.08. The van der Waals surface area contributed by atoms with Crippen LogP contribution in [0.4, 0.5) is 17.3 Å². The van der Waals surface area contributed by atoms with Gasteiger partial charge >= 0.3 is 0 Å². The molecule has 0 spiro atoms. The average molecular weight is 329 g/mol. The lowest BCUT2D eigenvalue weighted by Gasteiger charge is -2.31. The predicted molar refractivity (Wildman–Crippen MR) is 95.3 cm³/mol. The van der Waals surface area contributed by atoms with Crippen molar-refractivity contribution in [1.82, 2.24) is 9.97 Å². The van der Waals surface area contributed by atoms with E-state index >= 15 is 0 Å². The molecule has 1 aromatic rings. The molecule has 4 rings (SSSR count). The monoisotopic (exact) mass is 329 g/mol. The molecule has 0 aromatic carbocycles. The highest BCUT2D eigenvalue weighted by molar-refractivity contribution is 6.02. The van der Waals surface area contributed by atoms with Crippen molar-refractivity contribution >= 4 is 23.2 Å². The molecular weight excluding hydrogens is 302 g/mol. The van der Waals surface area contributed by atoms with Crippen LogP contribution in [0.15, 0.2) is 6.33 Å². The molecule has 6 heteroatoms. The standard InChI is InChI=1S/C18H27N5O/c24-15-11-19-17-16(22-15)18(21-12-20-17)23-10-4-7-14(23)9-8-13-5-2-1-3-6-13/h12-14H,1-11H2,(H,22,24)(H,19,20,21). The third-order valence-corrected chi connectivity index (χ3v) is 5.79. The molecule has 0 bridgehead atoms. The van der Waals surface area contributed by atoms with E-state index in [1.807, 2.05) is 0 Å². The quantitative estimate of drug-likeness (QED) is 0.888. The summed E-state index contributed by atoms with van der Waals surface area (Å²) in [6.07, 6.45) is 13.7. The second-order valence-electron chi connectivity index (χ2n) is 7.39. The van der Waals surface area contributed by atoms with E-state index in [-0.39, 0.29) is 12.5 Å². The van der Waals surface area contributed by atoms with E-state index in [9.17, 15) is 4.79 Å². The Kier molecular flexibility index (Phi) is 4.54. The number of hydrogen-bond donors (Lipinski definition) is 2. The highest BCUT2D eigenvalue weighted by atomic mass is 16.2. The summed E-state index contributed by atoms with van der Waals surface area (Å²) in [5, 5.41) is 6.05. The van der Waals surface area contributed by atoms with Gasteiger partial charge in [-0.2, -0.15) is 0 Å². The first-order valence-corrected chi connectivity index (χ1v) is 9.46. The van der Waals surface area contributed by atoms with Gasteiger partial charge in [-0.3, -0.25) is 4.79 Å². The third-order valence-electron chi connectivity index (χ3n) is 5.79. The maximum atomic E-state index is 11.8. The Labute approximate surface area is 143 Å². The summed E-state index contributed by atoms with van der Waals surface area (Å²) in [6.45, 7) is 1.31. The summed E-state index contributed by atoms with van der Waals surface area (Å²) in [7, 11) is 0. The fraction of sp³-hybridized carbons (Fsp3) is 0.722. The van der Waals surface area contributed by atoms with Crippen LogP contribution >= 0.6 is 0 Å². The van der Waals surface area contributed by atoms with Gasteiger partial charge in [-0.15, -0.1) is 0 Å². The van der Waals surface area contributed by atoms with Gasteiger partial charge in [0.1, 0.15) is 12.0 Å². The zero-order valence-electron chi connectivity index (χ0n) is 14.3. The van der Waals surface area contributed by atoms with Gasteiger partial charge in [0, 0.05) is 12.6 Å². The smallest absolute Gasteiger partial charge is 0.243 e. The molecule has 1 atom stereocenters. The summed E-state index contributed by atoms with van der Waals surface area (Å²) in [6, 6.07) is 0.546. The van der Waals surface area contributed by atoms with Gasteiger partial charge < -0.3 is 15.5 Å². The van der Waals surface area contributed by atoms with Gasteiger partial charge in [-0.25, -0.2) is 9.97 Å². The molecule has 2 fully saturated rings. The van der Waals surface area contributed by atoms with E-state index < -0.39 is 0 Å². The van der Waals surface area contributed by atoms with Gasteiger partial charge in [0.15, 0.2) is 11.6 Å². The van der Waals surface area contributed by atoms with Crippen LogP contribution < -0.4 is 15.5 Å². The number of nitrogens with zero attached hydrogens (tertiary/aromatic N) is 3. The molecule has 1 unspecified atom stereocenters. The van der Waals surface area contributed by atoms with Gasteiger partial charge in [-0.05, 0) is 31.6 Å². The van der Waals surface area contributed by atoms with Crippen LogP contribution in [0.5, 0.6) is 0 Å². The zero-order chi connectivity index (χ0) is 16.4. The lowest BCUT2D eigenvalue weighted by molar-refractivity contribution is -0.114. The van der Waals surface area contributed by atoms with E-state index in [1.165, 1.54) is 57.8 Å². The first kappa shape index (κ1) is 15.7. The molecule has 1 saturated heterocycles. The third kappa shape index (κ3) is 3.19. The van der Waals surface area contributed by atoms with Crippen LogP contribution in [0.1, 0.15) is 57.8 Å². The van der Waals surface area contributed by atoms with Crippen molar-refractivity contribution in [1.29, 1.82) is 0 Å². The van der Waals surface area contributed by atoms with E-state index in [1.54, 1.807) is 6.33 Å². The van der Waals surface area contributed by atoms with Crippen molar-refractivity contribution in [3.05, 3.63) is 6.33 Å². The lowest BCUT2D eigenvalue weighted by atomic mass is 9.85. The summed E-state index contributed by atoms with van der Waals surface area (Å²) in [5.74, 6) is 2.54. The number of nitrogens with one attached hydrogen (secondary N) is 2. The SMILES string of the molecule is O=C1CNc2ncnc(N3CCCC3CCC3CCCCC3)c2N1.